The highest BCUT2D eigenvalue weighted by Gasteiger charge is 2.29. The first-order valence-corrected chi connectivity index (χ1v) is 6.90. The van der Waals surface area contributed by atoms with Crippen molar-refractivity contribution in [3.05, 3.63) is 50.8 Å². The first-order valence-electron chi connectivity index (χ1n) is 6.52. The van der Waals surface area contributed by atoms with Gasteiger partial charge in [-0.2, -0.15) is 0 Å². The predicted octanol–water partition coefficient (Wildman–Crippen LogP) is 3.44. The van der Waals surface area contributed by atoms with Gasteiger partial charge in [-0.25, -0.2) is 0 Å². The lowest BCUT2D eigenvalue weighted by Crippen LogP contribution is -2.11. The second-order valence-corrected chi connectivity index (χ2v) is 6.10. The summed E-state index contributed by atoms with van der Waals surface area (Å²) in [6.45, 7) is 4.48. The van der Waals surface area contributed by atoms with Crippen LogP contribution < -0.4 is 10.2 Å². The molecular formula is C15H15ClN2O2. The van der Waals surface area contributed by atoms with Gasteiger partial charge in [0, 0.05) is 6.07 Å². The molecule has 1 aliphatic rings. The average molecular weight is 291 g/mol. The molecule has 0 radical (unpaired) electrons. The van der Waals surface area contributed by atoms with Gasteiger partial charge in [-0.15, -0.1) is 5.10 Å². The molecule has 0 bridgehead atoms. The van der Waals surface area contributed by atoms with E-state index < -0.39 is 0 Å². The Hall–Kier alpha value is -1.81. The molecule has 0 aliphatic heterocycles. The predicted molar refractivity (Wildman–Crippen MR) is 77.7 cm³/mol. The summed E-state index contributed by atoms with van der Waals surface area (Å²) in [6, 6.07) is 7.18. The SMILES string of the molecule is CC1(C)CCc2cc(Oc3n[nH]c(Cl)cc3=O)ccc21. The van der Waals surface area contributed by atoms with E-state index in [2.05, 4.69) is 30.1 Å². The molecule has 1 aliphatic carbocycles. The fourth-order valence-electron chi connectivity index (χ4n) is 2.64. The third-order valence-corrected chi connectivity index (χ3v) is 3.97. The Labute approximate surface area is 121 Å². The van der Waals surface area contributed by atoms with Crippen LogP contribution in [0.25, 0.3) is 0 Å². The summed E-state index contributed by atoms with van der Waals surface area (Å²) in [4.78, 5) is 11.7. The number of aromatic nitrogens is 2. The second kappa shape index (κ2) is 4.63. The summed E-state index contributed by atoms with van der Waals surface area (Å²) in [5.41, 5.74) is 2.50. The van der Waals surface area contributed by atoms with Crippen LogP contribution >= 0.6 is 11.6 Å². The molecule has 1 heterocycles. The number of aromatic amines is 1. The van der Waals surface area contributed by atoms with Crippen LogP contribution in [0, 0.1) is 0 Å². The fraction of sp³-hybridized carbons (Fsp3) is 0.333. The molecule has 0 saturated carbocycles. The zero-order valence-electron chi connectivity index (χ0n) is 11.4. The van der Waals surface area contributed by atoms with Gasteiger partial charge in [0.05, 0.1) is 0 Å². The number of halogens is 1. The number of fused-ring (bicyclic) bond motifs is 1. The zero-order valence-corrected chi connectivity index (χ0v) is 12.1. The van der Waals surface area contributed by atoms with Gasteiger partial charge in [-0.3, -0.25) is 9.89 Å². The van der Waals surface area contributed by atoms with Crippen molar-refractivity contribution < 1.29 is 4.74 Å². The topological polar surface area (TPSA) is 55.0 Å². The Balaban J connectivity index is 1.91. The van der Waals surface area contributed by atoms with Gasteiger partial charge >= 0.3 is 0 Å². The van der Waals surface area contributed by atoms with Crippen LogP contribution in [0.4, 0.5) is 0 Å². The maximum absolute atomic E-state index is 11.7. The lowest BCUT2D eigenvalue weighted by molar-refractivity contribution is 0.449. The number of nitrogens with one attached hydrogen (secondary N) is 1. The molecule has 0 spiro atoms. The highest BCUT2D eigenvalue weighted by atomic mass is 35.5. The molecule has 1 N–H and O–H groups in total. The summed E-state index contributed by atoms with van der Waals surface area (Å²) in [6.07, 6.45) is 2.16. The lowest BCUT2D eigenvalue weighted by Gasteiger charge is -2.18. The van der Waals surface area contributed by atoms with Crippen molar-refractivity contribution in [2.24, 2.45) is 0 Å². The highest BCUT2D eigenvalue weighted by Crippen LogP contribution is 2.39. The molecule has 0 amide bonds. The Bertz CT molecular complexity index is 722. The lowest BCUT2D eigenvalue weighted by atomic mass is 9.87. The van der Waals surface area contributed by atoms with Crippen LogP contribution in [0.3, 0.4) is 0 Å². The standard InChI is InChI=1S/C15H15ClN2O2/c1-15(2)6-5-9-7-10(3-4-11(9)15)20-14-12(19)8-13(16)17-18-14/h3-4,7-8H,5-6H2,1-2H3,(H,17,19). The number of nitrogens with zero attached hydrogens (tertiary/aromatic N) is 1. The summed E-state index contributed by atoms with van der Waals surface area (Å²) in [7, 11) is 0. The number of ether oxygens (including phenoxy) is 1. The van der Waals surface area contributed by atoms with Crippen molar-refractivity contribution in [2.45, 2.75) is 32.1 Å². The van der Waals surface area contributed by atoms with Crippen molar-refractivity contribution >= 4 is 11.6 Å². The van der Waals surface area contributed by atoms with E-state index in [-0.39, 0.29) is 21.9 Å². The van der Waals surface area contributed by atoms with E-state index in [9.17, 15) is 4.79 Å². The Morgan fingerprint density at radius 3 is 2.90 bits per heavy atom. The molecular weight excluding hydrogens is 276 g/mol. The van der Waals surface area contributed by atoms with Crippen LogP contribution in [-0.2, 0) is 11.8 Å². The van der Waals surface area contributed by atoms with E-state index in [1.165, 1.54) is 17.2 Å². The molecule has 3 rings (SSSR count). The normalized spacial score (nSPS) is 15.9. The number of benzene rings is 1. The average Bonchev–Trinajstić information content (AvgIpc) is 2.69. The third kappa shape index (κ3) is 2.31. The van der Waals surface area contributed by atoms with Crippen LogP contribution in [0.5, 0.6) is 11.6 Å². The van der Waals surface area contributed by atoms with Gasteiger partial charge in [-0.1, -0.05) is 31.5 Å². The quantitative estimate of drug-likeness (QED) is 0.922. The number of H-pyrrole nitrogens is 1. The molecule has 0 unspecified atom stereocenters. The van der Waals surface area contributed by atoms with Crippen LogP contribution in [-0.4, -0.2) is 10.2 Å². The largest absolute Gasteiger partial charge is 0.435 e. The number of aryl methyl sites for hydroxylation is 1. The van der Waals surface area contributed by atoms with Crippen molar-refractivity contribution in [2.75, 3.05) is 0 Å². The molecule has 1 aromatic carbocycles. The fourth-order valence-corrected chi connectivity index (χ4v) is 2.78. The summed E-state index contributed by atoms with van der Waals surface area (Å²) in [5, 5.41) is 6.51. The molecule has 0 saturated heterocycles. The molecule has 20 heavy (non-hydrogen) atoms. The zero-order chi connectivity index (χ0) is 14.3. The molecule has 1 aromatic heterocycles. The van der Waals surface area contributed by atoms with Gasteiger partial charge < -0.3 is 4.74 Å². The highest BCUT2D eigenvalue weighted by molar-refractivity contribution is 6.29. The van der Waals surface area contributed by atoms with E-state index in [4.69, 9.17) is 16.3 Å². The van der Waals surface area contributed by atoms with Crippen LogP contribution in [0.15, 0.2) is 29.1 Å². The van der Waals surface area contributed by atoms with Crippen molar-refractivity contribution in [1.29, 1.82) is 0 Å². The Morgan fingerprint density at radius 2 is 2.15 bits per heavy atom. The van der Waals surface area contributed by atoms with Crippen LogP contribution in [0.1, 0.15) is 31.4 Å². The molecule has 0 fully saturated rings. The molecule has 5 heteroatoms. The van der Waals surface area contributed by atoms with E-state index >= 15 is 0 Å². The molecule has 104 valence electrons. The van der Waals surface area contributed by atoms with Crippen molar-refractivity contribution in [1.82, 2.24) is 10.2 Å². The third-order valence-electron chi connectivity index (χ3n) is 3.77. The minimum atomic E-state index is -0.338. The maximum atomic E-state index is 11.7. The summed E-state index contributed by atoms with van der Waals surface area (Å²) >= 11 is 5.65. The number of hydrogen-bond donors (Lipinski definition) is 1. The smallest absolute Gasteiger partial charge is 0.285 e. The first kappa shape index (κ1) is 13.2. The molecule has 0 atom stereocenters. The van der Waals surface area contributed by atoms with Gasteiger partial charge in [0.2, 0.25) is 5.43 Å². The van der Waals surface area contributed by atoms with Crippen LogP contribution in [0.2, 0.25) is 5.15 Å². The van der Waals surface area contributed by atoms with Gasteiger partial charge in [-0.05, 0) is 41.5 Å². The van der Waals surface area contributed by atoms with Gasteiger partial charge in [0.15, 0.2) is 0 Å². The monoisotopic (exact) mass is 290 g/mol. The molecule has 2 aromatic rings. The van der Waals surface area contributed by atoms with E-state index in [1.54, 1.807) is 0 Å². The molecule has 4 nitrogen and oxygen atoms in total. The second-order valence-electron chi connectivity index (χ2n) is 5.69. The Kier molecular flexibility index (Phi) is 3.05. The Morgan fingerprint density at radius 1 is 1.35 bits per heavy atom. The number of rotatable bonds is 2. The van der Waals surface area contributed by atoms with Gasteiger partial charge in [0.25, 0.3) is 5.88 Å². The van der Waals surface area contributed by atoms with E-state index in [0.29, 0.717) is 5.75 Å². The summed E-state index contributed by atoms with van der Waals surface area (Å²) < 4.78 is 5.54. The first-order chi connectivity index (χ1) is 9.45. The minimum Gasteiger partial charge on any atom is -0.435 e. The van der Waals surface area contributed by atoms with Gasteiger partial charge in [0.1, 0.15) is 10.9 Å². The summed E-state index contributed by atoms with van der Waals surface area (Å²) in [5.74, 6) is 0.633. The van der Waals surface area contributed by atoms with Crippen molar-refractivity contribution in [3.8, 4) is 11.6 Å². The number of hydrogen-bond acceptors (Lipinski definition) is 3. The van der Waals surface area contributed by atoms with E-state index in [1.807, 2.05) is 12.1 Å². The maximum Gasteiger partial charge on any atom is 0.285 e. The van der Waals surface area contributed by atoms with E-state index in [0.717, 1.165) is 12.8 Å². The minimum absolute atomic E-state index is 0.00612. The van der Waals surface area contributed by atoms with Crippen molar-refractivity contribution in [3.63, 3.8) is 0 Å².